The zero-order chi connectivity index (χ0) is 45.0. The van der Waals surface area contributed by atoms with Crippen LogP contribution in [-0.4, -0.2) is 44.4 Å². The summed E-state index contributed by atoms with van der Waals surface area (Å²) in [5, 5.41) is 16.2. The minimum absolute atomic E-state index is 0.102. The van der Waals surface area contributed by atoms with Gasteiger partial charge in [0, 0.05) is 68.6 Å². The van der Waals surface area contributed by atoms with Gasteiger partial charge in [-0.15, -0.1) is 0 Å². The summed E-state index contributed by atoms with van der Waals surface area (Å²) in [6.45, 7) is 24.3. The fourth-order valence-electron chi connectivity index (χ4n) is 10.2. The minimum atomic E-state index is -1.36. The van der Waals surface area contributed by atoms with E-state index in [1.807, 2.05) is 19.1 Å². The number of H-pyrrole nitrogens is 3. The van der Waals surface area contributed by atoms with Crippen molar-refractivity contribution in [1.29, 1.82) is 0 Å². The van der Waals surface area contributed by atoms with E-state index in [1.165, 1.54) is 56.1 Å². The van der Waals surface area contributed by atoms with Gasteiger partial charge in [0.1, 0.15) is 12.5 Å². The molecule has 9 nitrogen and oxygen atoms in total. The number of carbonyl (C=O) groups excluding carboxylic acids is 2. The first kappa shape index (κ1) is 46.7. The summed E-state index contributed by atoms with van der Waals surface area (Å²) in [5.41, 5.74) is 12.3. The third-order valence-corrected chi connectivity index (χ3v) is 14.4. The number of carboxylic acid groups (broad SMARTS) is 1. The molecule has 1 aliphatic carbocycles. The summed E-state index contributed by atoms with van der Waals surface area (Å²) in [5.74, 6) is -1.28. The van der Waals surface area contributed by atoms with Crippen molar-refractivity contribution in [3.63, 3.8) is 0 Å². The van der Waals surface area contributed by atoms with Crippen molar-refractivity contribution < 1.29 is 24.2 Å². The number of esters is 1. The van der Waals surface area contributed by atoms with Crippen molar-refractivity contribution in [2.75, 3.05) is 6.61 Å². The van der Waals surface area contributed by atoms with Crippen LogP contribution in [0.1, 0.15) is 180 Å². The molecule has 8 bridgehead atoms. The number of ether oxygens (including phenoxy) is 1. The van der Waals surface area contributed by atoms with Gasteiger partial charge in [0.15, 0.2) is 5.78 Å². The lowest BCUT2D eigenvalue weighted by Gasteiger charge is -2.19. The van der Waals surface area contributed by atoms with E-state index >= 15 is 0 Å². The van der Waals surface area contributed by atoms with Crippen LogP contribution in [0.25, 0.3) is 23.8 Å². The highest BCUT2D eigenvalue weighted by Crippen LogP contribution is 2.48. The standard InChI is InChI=1S/C53H74N4O5/c1-12-38-35(9)42-26-40-33(7)34(8)41(54-40)27-43-36(10)39(50(56-43)48-49(53(60)61)52(59)47-37(11)44(57-51(47)48)28-45(38)55-42)22-23-46(58)62-25-24-32(6)21-15-20-31(5)19-14-18-30(4)17-13-16-29(2)3/h24,26-31,36,39,49,54-57H,12-23,25H2,1-11H3,(H,60,61). The second kappa shape index (κ2) is 20.2. The Hall–Kier alpha value is -4.79. The molecule has 5 atom stereocenters. The maximum Gasteiger partial charge on any atom is 0.319 e. The Bertz CT molecular complexity index is 2380. The predicted octanol–water partition coefficient (Wildman–Crippen LogP) is 10.7. The molecule has 0 amide bonds. The molecule has 9 heteroatoms. The second-order valence-corrected chi connectivity index (χ2v) is 19.5. The monoisotopic (exact) mass is 847 g/mol. The average Bonchev–Trinajstić information content (AvgIpc) is 3.95. The third kappa shape index (κ3) is 10.2. The quantitative estimate of drug-likeness (QED) is 0.0462. The number of fused-ring (bicyclic) bond motifs is 7. The molecule has 336 valence electrons. The zero-order valence-corrected chi connectivity index (χ0v) is 39.5. The summed E-state index contributed by atoms with van der Waals surface area (Å²) >= 11 is 0. The summed E-state index contributed by atoms with van der Waals surface area (Å²) in [6, 6.07) is 0. The van der Waals surface area contributed by atoms with Crippen LogP contribution in [-0.2, 0) is 20.7 Å². The van der Waals surface area contributed by atoms with Gasteiger partial charge in [0.2, 0.25) is 0 Å². The summed E-state index contributed by atoms with van der Waals surface area (Å²) in [7, 11) is 0. The number of aromatic amines is 3. The van der Waals surface area contributed by atoms with Crippen molar-refractivity contribution in [2.24, 2.45) is 35.5 Å². The smallest absolute Gasteiger partial charge is 0.319 e. The maximum absolute atomic E-state index is 14.1. The summed E-state index contributed by atoms with van der Waals surface area (Å²) in [6.07, 6.45) is 21.1. The number of ketones is 1. The number of allylic oxidation sites excluding steroid dienone is 3. The molecule has 3 aromatic rings. The van der Waals surface area contributed by atoms with Crippen LogP contribution in [0.2, 0.25) is 0 Å². The largest absolute Gasteiger partial charge is 0.480 e. The molecule has 0 saturated carbocycles. The highest BCUT2D eigenvalue weighted by molar-refractivity contribution is 6.24. The van der Waals surface area contributed by atoms with E-state index in [9.17, 15) is 19.5 Å². The summed E-state index contributed by atoms with van der Waals surface area (Å²) in [4.78, 5) is 51.3. The van der Waals surface area contributed by atoms with E-state index in [0.29, 0.717) is 28.9 Å². The van der Waals surface area contributed by atoms with Crippen molar-refractivity contribution in [3.8, 4) is 0 Å². The molecule has 0 radical (unpaired) electrons. The summed E-state index contributed by atoms with van der Waals surface area (Å²) < 4.78 is 5.77. The van der Waals surface area contributed by atoms with E-state index in [4.69, 9.17) is 4.74 Å². The lowest BCUT2D eigenvalue weighted by Crippen LogP contribution is -2.24. The van der Waals surface area contributed by atoms with Gasteiger partial charge < -0.3 is 30.1 Å². The number of hydrogen-bond acceptors (Lipinski definition) is 5. The topological polar surface area (TPSA) is 140 Å². The lowest BCUT2D eigenvalue weighted by atomic mass is 9.85. The highest BCUT2D eigenvalue weighted by atomic mass is 16.5. The van der Waals surface area contributed by atoms with Gasteiger partial charge in [-0.3, -0.25) is 14.4 Å². The van der Waals surface area contributed by atoms with Crippen molar-refractivity contribution in [2.45, 2.75) is 153 Å². The molecule has 5 heterocycles. The van der Waals surface area contributed by atoms with E-state index in [0.717, 1.165) is 92.7 Å². The number of aromatic nitrogens is 3. The van der Waals surface area contributed by atoms with Gasteiger partial charge in [-0.2, -0.15) is 0 Å². The van der Waals surface area contributed by atoms with Crippen LogP contribution in [0.5, 0.6) is 0 Å². The van der Waals surface area contributed by atoms with Gasteiger partial charge in [0.25, 0.3) is 0 Å². The van der Waals surface area contributed by atoms with Crippen LogP contribution in [0.15, 0.2) is 23.0 Å². The molecular formula is C53H74N4O5. The highest BCUT2D eigenvalue weighted by Gasteiger charge is 2.48. The average molecular weight is 847 g/mol. The number of carboxylic acids is 1. The van der Waals surface area contributed by atoms with Crippen molar-refractivity contribution >= 4 is 41.5 Å². The van der Waals surface area contributed by atoms with Crippen LogP contribution >= 0.6 is 0 Å². The molecule has 5 N–H and O–H groups in total. The number of hydrogen-bond donors (Lipinski definition) is 5. The third-order valence-electron chi connectivity index (χ3n) is 14.4. The Morgan fingerprint density at radius 3 is 2.05 bits per heavy atom. The molecular weight excluding hydrogens is 773 g/mol. The lowest BCUT2D eigenvalue weighted by molar-refractivity contribution is -0.143. The van der Waals surface area contributed by atoms with E-state index < -0.39 is 17.7 Å². The Morgan fingerprint density at radius 1 is 0.790 bits per heavy atom. The first-order valence-electron chi connectivity index (χ1n) is 23.6. The molecule has 3 aliphatic rings. The zero-order valence-electron chi connectivity index (χ0n) is 39.5. The van der Waals surface area contributed by atoms with E-state index in [-0.39, 0.29) is 30.8 Å². The van der Waals surface area contributed by atoms with Crippen LogP contribution in [0.3, 0.4) is 0 Å². The molecule has 0 spiro atoms. The van der Waals surface area contributed by atoms with Gasteiger partial charge in [0.05, 0.1) is 5.69 Å². The molecule has 62 heavy (non-hydrogen) atoms. The van der Waals surface area contributed by atoms with E-state index in [2.05, 4.69) is 102 Å². The Balaban J connectivity index is 1.18. The second-order valence-electron chi connectivity index (χ2n) is 19.5. The molecule has 1 fully saturated rings. The first-order chi connectivity index (χ1) is 29.5. The maximum atomic E-state index is 14.1. The molecule has 3 aromatic heterocycles. The number of rotatable bonds is 19. The van der Waals surface area contributed by atoms with Gasteiger partial charge in [-0.25, -0.2) is 0 Å². The fourth-order valence-corrected chi connectivity index (χ4v) is 10.2. The van der Waals surface area contributed by atoms with Crippen molar-refractivity contribution in [1.82, 2.24) is 20.3 Å². The molecule has 6 rings (SSSR count). The number of aliphatic carboxylic acids is 1. The predicted molar refractivity (Wildman–Crippen MR) is 252 cm³/mol. The van der Waals surface area contributed by atoms with Crippen molar-refractivity contribution in [3.05, 3.63) is 89.9 Å². The van der Waals surface area contributed by atoms with Crippen LogP contribution in [0, 0.1) is 63.2 Å². The van der Waals surface area contributed by atoms with Gasteiger partial charge in [-0.05, 0) is 130 Å². The molecule has 5 unspecified atom stereocenters. The normalized spacial score (nSPS) is 19.4. The first-order valence-corrected chi connectivity index (χ1v) is 23.6. The fraction of sp³-hybridized carbons (Fsp3) is 0.566. The minimum Gasteiger partial charge on any atom is -0.480 e. The number of Topliss-reactive ketones (excluding diaryl/α,β-unsaturated/α-hetero) is 1. The SMILES string of the molecule is CCc1c(C)c2[nH]c1=Cc1[nH]c3c(c1C)C(=O)C(C(=O)O)C3=C1NC(=Cc3[nH]c(c(C)c3C)C=2)C(C)C1CCC(=O)OCC=C(C)CCCC(C)CCCC(C)CCCC(C)C. The van der Waals surface area contributed by atoms with Gasteiger partial charge in [-0.1, -0.05) is 92.1 Å². The Kier molecular flexibility index (Phi) is 15.2. The Labute approximate surface area is 370 Å². The molecule has 0 aromatic carbocycles. The van der Waals surface area contributed by atoms with Crippen LogP contribution < -0.4 is 16.0 Å². The molecule has 1 saturated heterocycles. The number of carbonyl (C=O) groups is 3. The number of nitrogens with one attached hydrogen (secondary N) is 4. The Morgan fingerprint density at radius 2 is 1.40 bits per heavy atom. The molecule has 2 aliphatic heterocycles. The van der Waals surface area contributed by atoms with Crippen LogP contribution in [0.4, 0.5) is 0 Å². The van der Waals surface area contributed by atoms with Gasteiger partial charge >= 0.3 is 11.9 Å². The van der Waals surface area contributed by atoms with E-state index in [1.54, 1.807) is 0 Å².